The van der Waals surface area contributed by atoms with Gasteiger partial charge in [0, 0.05) is 5.69 Å². The number of rotatable bonds is 3. The Kier molecular flexibility index (Phi) is 6.50. The molecular formula is C16H25ClN2O. The summed E-state index contributed by atoms with van der Waals surface area (Å²) in [4.78, 5) is 14.6. The van der Waals surface area contributed by atoms with Crippen molar-refractivity contribution in [3.05, 3.63) is 29.3 Å². The fraction of sp³-hybridized carbons (Fsp3) is 0.562. The van der Waals surface area contributed by atoms with Gasteiger partial charge in [-0.3, -0.25) is 9.69 Å². The third-order valence-corrected chi connectivity index (χ3v) is 4.05. The van der Waals surface area contributed by atoms with Crippen LogP contribution in [0.15, 0.2) is 18.2 Å². The monoisotopic (exact) mass is 296 g/mol. The van der Waals surface area contributed by atoms with Crippen molar-refractivity contribution in [2.24, 2.45) is 0 Å². The van der Waals surface area contributed by atoms with Crippen molar-refractivity contribution in [2.45, 2.75) is 46.1 Å². The predicted octanol–water partition coefficient (Wildman–Crippen LogP) is 3.54. The van der Waals surface area contributed by atoms with E-state index in [0.29, 0.717) is 0 Å². The number of carbonyl (C=O) groups is 1. The fourth-order valence-electron chi connectivity index (χ4n) is 2.71. The van der Waals surface area contributed by atoms with Crippen molar-refractivity contribution in [1.82, 2.24) is 4.90 Å². The Morgan fingerprint density at radius 3 is 2.25 bits per heavy atom. The zero-order valence-corrected chi connectivity index (χ0v) is 13.4. The van der Waals surface area contributed by atoms with Crippen LogP contribution in [0, 0.1) is 13.8 Å². The molecule has 1 aliphatic rings. The van der Waals surface area contributed by atoms with Crippen LogP contribution in [0.2, 0.25) is 0 Å². The van der Waals surface area contributed by atoms with Gasteiger partial charge in [-0.25, -0.2) is 0 Å². The van der Waals surface area contributed by atoms with Crippen molar-refractivity contribution < 1.29 is 4.79 Å². The van der Waals surface area contributed by atoms with Gasteiger partial charge >= 0.3 is 0 Å². The Morgan fingerprint density at radius 2 is 1.70 bits per heavy atom. The highest BCUT2D eigenvalue weighted by Gasteiger charge is 2.23. The number of hydrogen-bond donors (Lipinski definition) is 1. The summed E-state index contributed by atoms with van der Waals surface area (Å²) < 4.78 is 0. The van der Waals surface area contributed by atoms with E-state index in [9.17, 15) is 4.79 Å². The molecule has 0 bridgehead atoms. The lowest BCUT2D eigenvalue weighted by atomic mass is 10.1. The van der Waals surface area contributed by atoms with E-state index in [1.165, 1.54) is 19.3 Å². The number of para-hydroxylation sites is 1. The standard InChI is InChI=1S/C16H24N2O.ClH/c1-12-8-7-9-13(2)15(12)17-16(19)14(3)18-10-5-4-6-11-18;/h7-9,14H,4-6,10-11H2,1-3H3,(H,17,19);1H. The largest absolute Gasteiger partial charge is 0.324 e. The van der Waals surface area contributed by atoms with Crippen molar-refractivity contribution in [1.29, 1.82) is 0 Å². The van der Waals surface area contributed by atoms with Gasteiger partial charge < -0.3 is 5.32 Å². The number of aryl methyl sites for hydroxylation is 2. The molecule has 2 rings (SSSR count). The second kappa shape index (κ2) is 7.65. The van der Waals surface area contributed by atoms with Crippen molar-refractivity contribution in [3.8, 4) is 0 Å². The molecule has 1 aromatic carbocycles. The first-order chi connectivity index (χ1) is 9.09. The highest BCUT2D eigenvalue weighted by atomic mass is 35.5. The number of carbonyl (C=O) groups excluding carboxylic acids is 1. The minimum Gasteiger partial charge on any atom is -0.324 e. The third-order valence-electron chi connectivity index (χ3n) is 4.05. The maximum Gasteiger partial charge on any atom is 0.241 e. The molecule has 1 saturated heterocycles. The van der Waals surface area contributed by atoms with Crippen molar-refractivity contribution in [2.75, 3.05) is 18.4 Å². The van der Waals surface area contributed by atoms with Gasteiger partial charge in [0.05, 0.1) is 6.04 Å². The molecule has 20 heavy (non-hydrogen) atoms. The first kappa shape index (κ1) is 17.0. The molecule has 1 fully saturated rings. The van der Waals surface area contributed by atoms with E-state index >= 15 is 0 Å². The number of halogens is 1. The van der Waals surface area contributed by atoms with E-state index in [-0.39, 0.29) is 24.4 Å². The number of likely N-dealkylation sites (tertiary alicyclic amines) is 1. The summed E-state index contributed by atoms with van der Waals surface area (Å²) in [5.41, 5.74) is 3.22. The number of nitrogens with zero attached hydrogens (tertiary/aromatic N) is 1. The van der Waals surface area contributed by atoms with Gasteiger partial charge in [0.15, 0.2) is 0 Å². The maximum absolute atomic E-state index is 12.4. The van der Waals surface area contributed by atoms with Crippen LogP contribution in [-0.4, -0.2) is 29.9 Å². The van der Waals surface area contributed by atoms with E-state index < -0.39 is 0 Å². The molecule has 0 spiro atoms. The molecular weight excluding hydrogens is 272 g/mol. The molecule has 0 aliphatic carbocycles. The molecule has 1 amide bonds. The van der Waals surface area contributed by atoms with Gasteiger partial charge in [-0.1, -0.05) is 24.6 Å². The molecule has 4 heteroatoms. The summed E-state index contributed by atoms with van der Waals surface area (Å²) in [5.74, 6) is 0.110. The molecule has 1 unspecified atom stereocenters. The summed E-state index contributed by atoms with van der Waals surface area (Å²) in [6.45, 7) is 8.17. The molecule has 1 aromatic rings. The molecule has 1 N–H and O–H groups in total. The SMILES string of the molecule is Cc1cccc(C)c1NC(=O)C(C)N1CCCCC1.Cl. The molecule has 1 heterocycles. The van der Waals surface area contributed by atoms with Gasteiger partial charge in [0.1, 0.15) is 0 Å². The van der Waals surface area contributed by atoms with Crippen molar-refractivity contribution in [3.63, 3.8) is 0 Å². The molecule has 112 valence electrons. The number of nitrogens with one attached hydrogen (secondary N) is 1. The van der Waals surface area contributed by atoms with Gasteiger partial charge in [-0.05, 0) is 57.8 Å². The molecule has 0 saturated carbocycles. The Labute approximate surface area is 128 Å². The third kappa shape index (κ3) is 3.97. The first-order valence-corrected chi connectivity index (χ1v) is 7.20. The summed E-state index contributed by atoms with van der Waals surface area (Å²) in [7, 11) is 0. The van der Waals surface area contributed by atoms with Gasteiger partial charge in [0.2, 0.25) is 5.91 Å². The minimum atomic E-state index is -0.0423. The quantitative estimate of drug-likeness (QED) is 0.925. The lowest BCUT2D eigenvalue weighted by Gasteiger charge is -2.31. The van der Waals surface area contributed by atoms with Crippen LogP contribution in [-0.2, 0) is 4.79 Å². The van der Waals surface area contributed by atoms with E-state index in [4.69, 9.17) is 0 Å². The van der Waals surface area contributed by atoms with Crippen LogP contribution in [0.25, 0.3) is 0 Å². The van der Waals surface area contributed by atoms with Gasteiger partial charge in [-0.15, -0.1) is 12.4 Å². The van der Waals surface area contributed by atoms with Crippen molar-refractivity contribution >= 4 is 24.0 Å². The Morgan fingerprint density at radius 1 is 1.15 bits per heavy atom. The summed E-state index contributed by atoms with van der Waals surface area (Å²) >= 11 is 0. The summed E-state index contributed by atoms with van der Waals surface area (Å²) in [6, 6.07) is 6.05. The minimum absolute atomic E-state index is 0. The maximum atomic E-state index is 12.4. The van der Waals surface area contributed by atoms with E-state index in [1.54, 1.807) is 0 Å². The Hall–Kier alpha value is -1.06. The summed E-state index contributed by atoms with van der Waals surface area (Å²) in [5, 5.41) is 3.09. The lowest BCUT2D eigenvalue weighted by molar-refractivity contribution is -0.121. The number of amides is 1. The molecule has 1 atom stereocenters. The van der Waals surface area contributed by atoms with Gasteiger partial charge in [0.25, 0.3) is 0 Å². The molecule has 0 aromatic heterocycles. The van der Waals surface area contributed by atoms with E-state index in [2.05, 4.69) is 10.2 Å². The highest BCUT2D eigenvalue weighted by molar-refractivity contribution is 5.95. The number of benzene rings is 1. The normalized spacial score (nSPS) is 17.1. The number of piperidine rings is 1. The Bertz CT molecular complexity index is 436. The smallest absolute Gasteiger partial charge is 0.241 e. The Balaban J connectivity index is 0.00000200. The molecule has 1 aliphatic heterocycles. The zero-order valence-electron chi connectivity index (χ0n) is 12.6. The fourth-order valence-corrected chi connectivity index (χ4v) is 2.71. The predicted molar refractivity (Wildman–Crippen MR) is 86.7 cm³/mol. The van der Waals surface area contributed by atoms with Gasteiger partial charge in [-0.2, -0.15) is 0 Å². The first-order valence-electron chi connectivity index (χ1n) is 7.20. The van der Waals surface area contributed by atoms with E-state index in [1.807, 2.05) is 39.0 Å². The molecule has 3 nitrogen and oxygen atoms in total. The topological polar surface area (TPSA) is 32.3 Å². The van der Waals surface area contributed by atoms with Crippen LogP contribution in [0.5, 0.6) is 0 Å². The number of hydrogen-bond acceptors (Lipinski definition) is 2. The average molecular weight is 297 g/mol. The second-order valence-electron chi connectivity index (χ2n) is 5.53. The molecule has 0 radical (unpaired) electrons. The highest BCUT2D eigenvalue weighted by Crippen LogP contribution is 2.20. The van der Waals surface area contributed by atoms with E-state index in [0.717, 1.165) is 29.9 Å². The number of anilines is 1. The van der Waals surface area contributed by atoms with Crippen LogP contribution in [0.1, 0.15) is 37.3 Å². The average Bonchev–Trinajstić information content (AvgIpc) is 2.43. The van der Waals surface area contributed by atoms with Crippen LogP contribution in [0.4, 0.5) is 5.69 Å². The zero-order chi connectivity index (χ0) is 13.8. The van der Waals surface area contributed by atoms with Crippen LogP contribution in [0.3, 0.4) is 0 Å². The van der Waals surface area contributed by atoms with Crippen LogP contribution >= 0.6 is 12.4 Å². The second-order valence-corrected chi connectivity index (χ2v) is 5.53. The lowest BCUT2D eigenvalue weighted by Crippen LogP contribution is -2.44. The van der Waals surface area contributed by atoms with Crippen LogP contribution < -0.4 is 5.32 Å². The summed E-state index contributed by atoms with van der Waals surface area (Å²) in [6.07, 6.45) is 3.71.